The molecule has 1 aromatic carbocycles. The highest BCUT2D eigenvalue weighted by molar-refractivity contribution is 7.99. The fraction of sp³-hybridized carbons (Fsp3) is 0.250. The molecule has 0 aliphatic rings. The summed E-state index contributed by atoms with van der Waals surface area (Å²) in [6, 6.07) is 7.67. The smallest absolute Gasteiger partial charge is 0.330 e. The molecular formula is C12H14O3S. The second-order valence-corrected chi connectivity index (χ2v) is 4.22. The zero-order chi connectivity index (χ0) is 12.0. The van der Waals surface area contributed by atoms with Crippen LogP contribution in [0.2, 0.25) is 0 Å². The fourth-order valence-electron chi connectivity index (χ4n) is 1.08. The molecule has 0 fully saturated rings. The lowest BCUT2D eigenvalue weighted by molar-refractivity contribution is -0.132. The van der Waals surface area contributed by atoms with Crippen molar-refractivity contribution in [3.63, 3.8) is 0 Å². The van der Waals surface area contributed by atoms with E-state index in [0.717, 1.165) is 10.6 Å². The van der Waals surface area contributed by atoms with Crippen LogP contribution < -0.4 is 4.74 Å². The number of thioether (sulfide) groups is 1. The third kappa shape index (κ3) is 3.62. The lowest BCUT2D eigenvalue weighted by Gasteiger charge is -2.05. The molecule has 1 aromatic rings. The lowest BCUT2D eigenvalue weighted by atomic mass is 10.3. The minimum absolute atomic E-state index is 0.363. The van der Waals surface area contributed by atoms with Crippen molar-refractivity contribution in [3.8, 4) is 5.75 Å². The molecule has 0 aliphatic heterocycles. The average molecular weight is 238 g/mol. The number of para-hydroxylation sites is 1. The van der Waals surface area contributed by atoms with Gasteiger partial charge >= 0.3 is 5.97 Å². The molecule has 0 aromatic heterocycles. The Bertz CT molecular complexity index is 399. The number of hydrogen-bond acceptors (Lipinski definition) is 3. The van der Waals surface area contributed by atoms with Crippen LogP contribution in [0.5, 0.6) is 5.75 Å². The minimum atomic E-state index is -0.874. The quantitative estimate of drug-likeness (QED) is 0.633. The molecule has 0 bridgehead atoms. The van der Waals surface area contributed by atoms with E-state index in [2.05, 4.69) is 0 Å². The van der Waals surface area contributed by atoms with Gasteiger partial charge in [-0.2, -0.15) is 0 Å². The van der Waals surface area contributed by atoms with Crippen molar-refractivity contribution < 1.29 is 14.6 Å². The Kier molecular flexibility index (Phi) is 4.92. The number of benzene rings is 1. The normalized spacial score (nSPS) is 11.2. The zero-order valence-electron chi connectivity index (χ0n) is 9.27. The summed E-state index contributed by atoms with van der Waals surface area (Å²) in [6.07, 6.45) is 1.69. The van der Waals surface area contributed by atoms with E-state index in [4.69, 9.17) is 9.84 Å². The predicted molar refractivity (Wildman–Crippen MR) is 65.1 cm³/mol. The Labute approximate surface area is 99.1 Å². The summed E-state index contributed by atoms with van der Waals surface area (Å²) in [7, 11) is 1.62. The van der Waals surface area contributed by atoms with Crippen LogP contribution in [0, 0.1) is 0 Å². The van der Waals surface area contributed by atoms with Crippen LogP contribution in [0.25, 0.3) is 0 Å². The average Bonchev–Trinajstić information content (AvgIpc) is 2.29. The first-order valence-electron chi connectivity index (χ1n) is 4.81. The summed E-state index contributed by atoms with van der Waals surface area (Å²) in [5.41, 5.74) is 0.363. The molecule has 0 saturated carbocycles. The van der Waals surface area contributed by atoms with Crippen molar-refractivity contribution in [2.45, 2.75) is 11.8 Å². The number of carbonyl (C=O) groups is 1. The van der Waals surface area contributed by atoms with Crippen LogP contribution >= 0.6 is 11.8 Å². The summed E-state index contributed by atoms with van der Waals surface area (Å²) in [4.78, 5) is 11.6. The Balaban J connectivity index is 2.61. The van der Waals surface area contributed by atoms with E-state index in [1.807, 2.05) is 24.3 Å². The Morgan fingerprint density at radius 3 is 2.81 bits per heavy atom. The van der Waals surface area contributed by atoms with Crippen molar-refractivity contribution in [2.75, 3.05) is 12.9 Å². The molecule has 4 heteroatoms. The maximum atomic E-state index is 10.6. The highest BCUT2D eigenvalue weighted by Crippen LogP contribution is 2.28. The summed E-state index contributed by atoms with van der Waals surface area (Å²) in [6.45, 7) is 1.59. The van der Waals surface area contributed by atoms with Crippen molar-refractivity contribution >= 4 is 17.7 Å². The van der Waals surface area contributed by atoms with Gasteiger partial charge in [0.25, 0.3) is 0 Å². The molecule has 0 atom stereocenters. The number of methoxy groups -OCH3 is 1. The first-order chi connectivity index (χ1) is 7.65. The molecule has 86 valence electrons. The Morgan fingerprint density at radius 1 is 1.50 bits per heavy atom. The number of aliphatic carboxylic acids is 1. The van der Waals surface area contributed by atoms with E-state index in [9.17, 15) is 4.79 Å². The van der Waals surface area contributed by atoms with Gasteiger partial charge in [0, 0.05) is 16.2 Å². The molecule has 0 spiro atoms. The molecule has 3 nitrogen and oxygen atoms in total. The molecule has 0 heterocycles. The number of rotatable bonds is 5. The van der Waals surface area contributed by atoms with Gasteiger partial charge < -0.3 is 9.84 Å². The van der Waals surface area contributed by atoms with Crippen LogP contribution in [0.3, 0.4) is 0 Å². The van der Waals surface area contributed by atoms with Gasteiger partial charge in [0.2, 0.25) is 0 Å². The van der Waals surface area contributed by atoms with E-state index in [1.165, 1.54) is 0 Å². The standard InChI is InChI=1S/C12H14O3S/c1-9(12(13)14)7-8-16-11-6-4-3-5-10(11)15-2/h3-7H,8H2,1-2H3,(H,13,14). The van der Waals surface area contributed by atoms with Crippen molar-refractivity contribution in [2.24, 2.45) is 0 Å². The second kappa shape index (κ2) is 6.23. The monoisotopic (exact) mass is 238 g/mol. The van der Waals surface area contributed by atoms with Gasteiger partial charge in [0.05, 0.1) is 7.11 Å². The van der Waals surface area contributed by atoms with Gasteiger partial charge in [-0.25, -0.2) is 4.79 Å². The van der Waals surface area contributed by atoms with Crippen LogP contribution in [0.1, 0.15) is 6.92 Å². The molecule has 0 saturated heterocycles. The summed E-state index contributed by atoms with van der Waals surface area (Å²) < 4.78 is 5.19. The summed E-state index contributed by atoms with van der Waals surface area (Å²) in [5, 5.41) is 8.68. The maximum Gasteiger partial charge on any atom is 0.330 e. The van der Waals surface area contributed by atoms with Crippen molar-refractivity contribution in [1.82, 2.24) is 0 Å². The molecule has 0 radical (unpaired) electrons. The SMILES string of the molecule is COc1ccccc1SCC=C(C)C(=O)O. The topological polar surface area (TPSA) is 46.5 Å². The summed E-state index contributed by atoms with van der Waals surface area (Å²) in [5.74, 6) is 0.563. The fourth-order valence-corrected chi connectivity index (χ4v) is 2.06. The van der Waals surface area contributed by atoms with Gasteiger partial charge in [-0.3, -0.25) is 0 Å². The molecule has 0 aliphatic carbocycles. The molecule has 1 N–H and O–H groups in total. The van der Waals surface area contributed by atoms with E-state index < -0.39 is 5.97 Å². The van der Waals surface area contributed by atoms with E-state index in [-0.39, 0.29) is 0 Å². The van der Waals surface area contributed by atoms with Crippen molar-refractivity contribution in [3.05, 3.63) is 35.9 Å². The van der Waals surface area contributed by atoms with E-state index in [1.54, 1.807) is 31.9 Å². The molecule has 0 amide bonds. The minimum Gasteiger partial charge on any atom is -0.496 e. The van der Waals surface area contributed by atoms with Gasteiger partial charge in [-0.15, -0.1) is 11.8 Å². The van der Waals surface area contributed by atoms with Gasteiger partial charge in [0.1, 0.15) is 5.75 Å². The van der Waals surface area contributed by atoms with E-state index >= 15 is 0 Å². The molecular weight excluding hydrogens is 224 g/mol. The number of ether oxygens (including phenoxy) is 1. The summed E-state index contributed by atoms with van der Waals surface area (Å²) >= 11 is 1.55. The van der Waals surface area contributed by atoms with Crippen molar-refractivity contribution in [1.29, 1.82) is 0 Å². The molecule has 1 rings (SSSR count). The largest absolute Gasteiger partial charge is 0.496 e. The highest BCUT2D eigenvalue weighted by Gasteiger charge is 2.02. The lowest BCUT2D eigenvalue weighted by Crippen LogP contribution is -1.96. The third-order valence-corrected chi connectivity index (χ3v) is 3.02. The van der Waals surface area contributed by atoms with Crippen LogP contribution in [0.15, 0.2) is 40.8 Å². The Hall–Kier alpha value is -1.42. The third-order valence-electron chi connectivity index (χ3n) is 2.03. The Morgan fingerprint density at radius 2 is 2.19 bits per heavy atom. The van der Waals surface area contributed by atoms with Gasteiger partial charge in [-0.05, 0) is 19.1 Å². The van der Waals surface area contributed by atoms with Crippen LogP contribution in [-0.4, -0.2) is 23.9 Å². The van der Waals surface area contributed by atoms with Gasteiger partial charge in [0.15, 0.2) is 0 Å². The van der Waals surface area contributed by atoms with E-state index in [0.29, 0.717) is 11.3 Å². The predicted octanol–water partition coefficient (Wildman–Crippen LogP) is 2.82. The van der Waals surface area contributed by atoms with Gasteiger partial charge in [-0.1, -0.05) is 18.2 Å². The highest BCUT2D eigenvalue weighted by atomic mass is 32.2. The first-order valence-corrected chi connectivity index (χ1v) is 5.79. The second-order valence-electron chi connectivity index (χ2n) is 3.15. The number of hydrogen-bond donors (Lipinski definition) is 1. The van der Waals surface area contributed by atoms with Crippen LogP contribution in [0.4, 0.5) is 0 Å². The maximum absolute atomic E-state index is 10.6. The number of carboxylic acid groups (broad SMARTS) is 1. The molecule has 16 heavy (non-hydrogen) atoms. The zero-order valence-corrected chi connectivity index (χ0v) is 10.1. The first kappa shape index (κ1) is 12.6. The number of carboxylic acids is 1. The molecule has 0 unspecified atom stereocenters. The van der Waals surface area contributed by atoms with Crippen LogP contribution in [-0.2, 0) is 4.79 Å².